The van der Waals surface area contributed by atoms with Crippen molar-refractivity contribution in [2.45, 2.75) is 28.7 Å². The molecular formula is C13H22ClN3O4S2. The smallest absolute Gasteiger partial charge is 0.243 e. The van der Waals surface area contributed by atoms with Gasteiger partial charge in [0.25, 0.3) is 0 Å². The first kappa shape index (κ1) is 20.3. The molecule has 0 spiro atoms. The van der Waals surface area contributed by atoms with Crippen LogP contribution in [0.4, 0.5) is 0 Å². The largest absolute Gasteiger partial charge is 0.317 e. The monoisotopic (exact) mass is 383 g/mol. The van der Waals surface area contributed by atoms with Gasteiger partial charge in [0.05, 0.1) is 9.79 Å². The van der Waals surface area contributed by atoms with Crippen LogP contribution in [0.5, 0.6) is 0 Å². The number of halogens is 1. The van der Waals surface area contributed by atoms with Crippen molar-refractivity contribution < 1.29 is 16.8 Å². The number of sulfonamides is 2. The van der Waals surface area contributed by atoms with Gasteiger partial charge in [0.2, 0.25) is 20.0 Å². The van der Waals surface area contributed by atoms with Gasteiger partial charge >= 0.3 is 0 Å². The van der Waals surface area contributed by atoms with Crippen LogP contribution in [0.3, 0.4) is 0 Å². The average molecular weight is 384 g/mol. The second kappa shape index (κ2) is 7.91. The fraction of sp³-hybridized carbons (Fsp3) is 0.538. The summed E-state index contributed by atoms with van der Waals surface area (Å²) in [5.41, 5.74) is 0. The molecule has 23 heavy (non-hydrogen) atoms. The molecule has 10 heteroatoms. The molecule has 0 atom stereocenters. The molecule has 1 aliphatic heterocycles. The third kappa shape index (κ3) is 4.43. The van der Waals surface area contributed by atoms with E-state index in [1.807, 2.05) is 0 Å². The fourth-order valence-electron chi connectivity index (χ4n) is 2.44. The quantitative estimate of drug-likeness (QED) is 0.766. The van der Waals surface area contributed by atoms with Gasteiger partial charge < -0.3 is 5.32 Å². The van der Waals surface area contributed by atoms with Crippen LogP contribution >= 0.6 is 12.4 Å². The minimum Gasteiger partial charge on any atom is -0.317 e. The zero-order valence-corrected chi connectivity index (χ0v) is 15.5. The highest BCUT2D eigenvalue weighted by molar-refractivity contribution is 7.89. The summed E-state index contributed by atoms with van der Waals surface area (Å²) >= 11 is 0. The predicted octanol–water partition coefficient (Wildman–Crippen LogP) is 0.389. The van der Waals surface area contributed by atoms with Crippen LogP contribution in [0.25, 0.3) is 0 Å². The van der Waals surface area contributed by atoms with E-state index in [9.17, 15) is 16.8 Å². The molecule has 0 saturated carbocycles. The Bertz CT molecular complexity index is 714. The number of benzene rings is 1. The minimum absolute atomic E-state index is 0. The molecule has 0 bridgehead atoms. The Hall–Kier alpha value is -0.710. The van der Waals surface area contributed by atoms with E-state index in [0.29, 0.717) is 0 Å². The lowest BCUT2D eigenvalue weighted by Crippen LogP contribution is -2.43. The van der Waals surface area contributed by atoms with Crippen LogP contribution in [-0.4, -0.2) is 54.4 Å². The Morgan fingerprint density at radius 1 is 1.04 bits per heavy atom. The van der Waals surface area contributed by atoms with E-state index in [4.69, 9.17) is 0 Å². The summed E-state index contributed by atoms with van der Waals surface area (Å²) in [6, 6.07) is 5.23. The number of rotatable bonds is 5. The fourth-order valence-corrected chi connectivity index (χ4v) is 4.59. The van der Waals surface area contributed by atoms with Crippen molar-refractivity contribution >= 4 is 32.5 Å². The maximum Gasteiger partial charge on any atom is 0.243 e. The standard InChI is InChI=1S/C13H21N3O4S2.ClH/c1-14-21(17,18)12-3-5-13(6-4-12)22(19,20)16(2)11-7-9-15-10-8-11;/h3-6,11,14-15H,7-10H2,1-2H3;1H. The van der Waals surface area contributed by atoms with Crippen molar-refractivity contribution in [3.05, 3.63) is 24.3 Å². The van der Waals surface area contributed by atoms with Crippen LogP contribution in [-0.2, 0) is 20.0 Å². The lowest BCUT2D eigenvalue weighted by molar-refractivity contribution is 0.296. The van der Waals surface area contributed by atoms with Gasteiger partial charge in [0, 0.05) is 13.1 Å². The molecule has 0 amide bonds. The lowest BCUT2D eigenvalue weighted by atomic mass is 10.1. The molecular weight excluding hydrogens is 362 g/mol. The molecule has 1 aromatic rings. The highest BCUT2D eigenvalue weighted by atomic mass is 35.5. The molecule has 1 aromatic carbocycles. The third-order valence-corrected chi connectivity index (χ3v) is 7.26. The first-order chi connectivity index (χ1) is 10.3. The summed E-state index contributed by atoms with van der Waals surface area (Å²) in [6.45, 7) is 1.59. The number of nitrogens with one attached hydrogen (secondary N) is 2. The molecule has 1 aliphatic rings. The van der Waals surface area contributed by atoms with Crippen LogP contribution in [0.2, 0.25) is 0 Å². The highest BCUT2D eigenvalue weighted by Crippen LogP contribution is 2.22. The lowest BCUT2D eigenvalue weighted by Gasteiger charge is -2.30. The first-order valence-electron chi connectivity index (χ1n) is 7.01. The van der Waals surface area contributed by atoms with E-state index in [1.165, 1.54) is 35.6 Å². The van der Waals surface area contributed by atoms with Gasteiger partial charge in [-0.25, -0.2) is 21.6 Å². The van der Waals surface area contributed by atoms with Crippen LogP contribution < -0.4 is 10.0 Å². The van der Waals surface area contributed by atoms with Gasteiger partial charge in [0.15, 0.2) is 0 Å². The predicted molar refractivity (Wildman–Crippen MR) is 90.8 cm³/mol. The van der Waals surface area contributed by atoms with Gasteiger partial charge in [-0.1, -0.05) is 0 Å². The summed E-state index contributed by atoms with van der Waals surface area (Å²) in [5.74, 6) is 0. The maximum absolute atomic E-state index is 12.6. The van der Waals surface area contributed by atoms with Crippen molar-refractivity contribution in [3.8, 4) is 0 Å². The average Bonchev–Trinajstić information content (AvgIpc) is 2.55. The van der Waals surface area contributed by atoms with E-state index >= 15 is 0 Å². The van der Waals surface area contributed by atoms with E-state index in [-0.39, 0.29) is 28.2 Å². The Morgan fingerprint density at radius 3 is 2.00 bits per heavy atom. The Labute approximate surface area is 144 Å². The maximum atomic E-state index is 12.6. The summed E-state index contributed by atoms with van der Waals surface area (Å²) in [5, 5.41) is 3.20. The molecule has 132 valence electrons. The van der Waals surface area contributed by atoms with Gasteiger partial charge in [-0.2, -0.15) is 4.31 Å². The van der Waals surface area contributed by atoms with E-state index in [1.54, 1.807) is 7.05 Å². The van der Waals surface area contributed by atoms with Crippen LogP contribution in [0.1, 0.15) is 12.8 Å². The van der Waals surface area contributed by atoms with Gasteiger partial charge in [0.1, 0.15) is 0 Å². The van der Waals surface area contributed by atoms with Crippen LogP contribution in [0.15, 0.2) is 34.1 Å². The number of nitrogens with zero attached hydrogens (tertiary/aromatic N) is 1. The van der Waals surface area contributed by atoms with Crippen molar-refractivity contribution in [3.63, 3.8) is 0 Å². The van der Waals surface area contributed by atoms with E-state index < -0.39 is 20.0 Å². The van der Waals surface area contributed by atoms with Gasteiger partial charge in [-0.3, -0.25) is 0 Å². The summed E-state index contributed by atoms with van der Waals surface area (Å²) in [7, 11) is -4.30. The number of piperidine rings is 1. The molecule has 1 heterocycles. The first-order valence-corrected chi connectivity index (χ1v) is 9.94. The van der Waals surface area contributed by atoms with Crippen molar-refractivity contribution in [1.82, 2.24) is 14.3 Å². The van der Waals surface area contributed by atoms with E-state index in [2.05, 4.69) is 10.0 Å². The second-order valence-corrected chi connectivity index (χ2v) is 9.07. The Kier molecular flexibility index (Phi) is 6.99. The molecule has 1 saturated heterocycles. The molecule has 0 radical (unpaired) electrons. The minimum atomic E-state index is -3.62. The van der Waals surface area contributed by atoms with Crippen molar-refractivity contribution in [2.75, 3.05) is 27.2 Å². The van der Waals surface area contributed by atoms with Gasteiger partial charge in [-0.15, -0.1) is 12.4 Å². The third-order valence-electron chi connectivity index (χ3n) is 3.90. The normalized spacial score (nSPS) is 17.0. The molecule has 7 nitrogen and oxygen atoms in total. The van der Waals surface area contributed by atoms with Crippen LogP contribution in [0, 0.1) is 0 Å². The summed E-state index contributed by atoms with van der Waals surface area (Å²) in [6.07, 6.45) is 1.53. The SMILES string of the molecule is CNS(=O)(=O)c1ccc(S(=O)(=O)N(C)C2CCNCC2)cc1.Cl. The Morgan fingerprint density at radius 2 is 1.52 bits per heavy atom. The molecule has 2 N–H and O–H groups in total. The molecule has 1 fully saturated rings. The van der Waals surface area contributed by atoms with Gasteiger partial charge in [-0.05, 0) is 57.2 Å². The Balaban J connectivity index is 0.00000264. The molecule has 0 aromatic heterocycles. The molecule has 0 aliphatic carbocycles. The number of hydrogen-bond donors (Lipinski definition) is 2. The topological polar surface area (TPSA) is 95.6 Å². The zero-order chi connectivity index (χ0) is 16.4. The van der Waals surface area contributed by atoms with Crippen molar-refractivity contribution in [1.29, 1.82) is 0 Å². The molecule has 2 rings (SSSR count). The molecule has 0 unspecified atom stereocenters. The summed E-state index contributed by atoms with van der Waals surface area (Å²) in [4.78, 5) is 0.141. The summed E-state index contributed by atoms with van der Waals surface area (Å²) < 4.78 is 52.1. The van der Waals surface area contributed by atoms with E-state index in [0.717, 1.165) is 25.9 Å². The highest BCUT2D eigenvalue weighted by Gasteiger charge is 2.29. The zero-order valence-electron chi connectivity index (χ0n) is 13.0. The second-order valence-electron chi connectivity index (χ2n) is 5.18. The number of hydrogen-bond acceptors (Lipinski definition) is 5. The van der Waals surface area contributed by atoms with Crippen molar-refractivity contribution in [2.24, 2.45) is 0 Å².